The summed E-state index contributed by atoms with van der Waals surface area (Å²) in [5.74, 6) is -0.298. The molecular formula is C16H13NO3. The number of nitrogens with one attached hydrogen (secondary N) is 1. The Kier molecular flexibility index (Phi) is 2.99. The third-order valence-electron chi connectivity index (χ3n) is 3.28. The van der Waals surface area contributed by atoms with Crippen LogP contribution in [-0.2, 0) is 4.74 Å². The number of anilines is 1. The highest BCUT2D eigenvalue weighted by atomic mass is 16.6. The molecule has 2 aromatic carbocycles. The van der Waals surface area contributed by atoms with Gasteiger partial charge in [-0.2, -0.15) is 0 Å². The summed E-state index contributed by atoms with van der Waals surface area (Å²) in [6.45, 7) is 1.53. The molecule has 1 N–H and O–H groups in total. The van der Waals surface area contributed by atoms with Crippen LogP contribution in [0.5, 0.6) is 0 Å². The lowest BCUT2D eigenvalue weighted by atomic mass is 10.1. The molecule has 1 aliphatic rings. The van der Waals surface area contributed by atoms with Gasteiger partial charge in [0.1, 0.15) is 0 Å². The fourth-order valence-electron chi connectivity index (χ4n) is 2.21. The molecule has 0 amide bonds. The lowest BCUT2D eigenvalue weighted by Gasteiger charge is -2.14. The third-order valence-corrected chi connectivity index (χ3v) is 3.28. The van der Waals surface area contributed by atoms with Crippen LogP contribution in [0.1, 0.15) is 39.4 Å². The number of fused-ring (bicyclic) bond motifs is 1. The van der Waals surface area contributed by atoms with Crippen molar-refractivity contribution in [2.75, 3.05) is 5.32 Å². The van der Waals surface area contributed by atoms with Gasteiger partial charge in [-0.3, -0.25) is 4.79 Å². The van der Waals surface area contributed by atoms with E-state index >= 15 is 0 Å². The highest BCUT2D eigenvalue weighted by molar-refractivity contribution is 5.95. The van der Waals surface area contributed by atoms with E-state index in [9.17, 15) is 9.59 Å². The lowest BCUT2D eigenvalue weighted by Crippen LogP contribution is -2.10. The van der Waals surface area contributed by atoms with Gasteiger partial charge in [-0.15, -0.1) is 0 Å². The minimum absolute atomic E-state index is 0.0224. The SMILES string of the molecule is CC(=O)c1ccc(N[C@H]2OC(=O)c3ccccc32)cc1. The largest absolute Gasteiger partial charge is 0.434 e. The number of cyclic esters (lactones) is 1. The van der Waals surface area contributed by atoms with Crippen molar-refractivity contribution in [3.63, 3.8) is 0 Å². The number of hydrogen-bond acceptors (Lipinski definition) is 4. The Labute approximate surface area is 116 Å². The van der Waals surface area contributed by atoms with Crippen LogP contribution in [-0.4, -0.2) is 11.8 Å². The van der Waals surface area contributed by atoms with Crippen LogP contribution < -0.4 is 5.32 Å². The van der Waals surface area contributed by atoms with Crippen molar-refractivity contribution in [2.24, 2.45) is 0 Å². The number of benzene rings is 2. The molecule has 2 aromatic rings. The van der Waals surface area contributed by atoms with Crippen molar-refractivity contribution in [3.05, 3.63) is 65.2 Å². The summed E-state index contributed by atoms with van der Waals surface area (Å²) >= 11 is 0. The van der Waals surface area contributed by atoms with E-state index in [-0.39, 0.29) is 11.8 Å². The zero-order chi connectivity index (χ0) is 14.1. The Morgan fingerprint density at radius 3 is 2.50 bits per heavy atom. The van der Waals surface area contributed by atoms with Gasteiger partial charge >= 0.3 is 5.97 Å². The number of carbonyl (C=O) groups is 2. The van der Waals surface area contributed by atoms with Gasteiger partial charge in [0.05, 0.1) is 5.56 Å². The van der Waals surface area contributed by atoms with Crippen LogP contribution in [0.4, 0.5) is 5.69 Å². The van der Waals surface area contributed by atoms with Crippen LogP contribution in [0.2, 0.25) is 0 Å². The molecule has 0 saturated heterocycles. The molecule has 1 heterocycles. The van der Waals surface area contributed by atoms with Crippen molar-refractivity contribution in [3.8, 4) is 0 Å². The van der Waals surface area contributed by atoms with Crippen molar-refractivity contribution in [1.29, 1.82) is 0 Å². The number of rotatable bonds is 3. The van der Waals surface area contributed by atoms with Gasteiger partial charge < -0.3 is 10.1 Å². The van der Waals surface area contributed by atoms with E-state index in [0.717, 1.165) is 11.3 Å². The Hall–Kier alpha value is -2.62. The van der Waals surface area contributed by atoms with Crippen LogP contribution in [0.25, 0.3) is 0 Å². The zero-order valence-corrected chi connectivity index (χ0v) is 10.9. The number of esters is 1. The second-order valence-corrected chi connectivity index (χ2v) is 4.65. The molecule has 0 bridgehead atoms. The molecule has 100 valence electrons. The second-order valence-electron chi connectivity index (χ2n) is 4.65. The molecule has 0 spiro atoms. The van der Waals surface area contributed by atoms with Crippen LogP contribution >= 0.6 is 0 Å². The molecule has 0 unspecified atom stereocenters. The summed E-state index contributed by atoms with van der Waals surface area (Å²) in [4.78, 5) is 22.9. The normalized spacial score (nSPS) is 16.4. The van der Waals surface area contributed by atoms with Gasteiger partial charge in [-0.25, -0.2) is 4.79 Å². The molecule has 4 nitrogen and oxygen atoms in total. The molecule has 1 aliphatic heterocycles. The van der Waals surface area contributed by atoms with Crippen molar-refractivity contribution in [1.82, 2.24) is 0 Å². The highest BCUT2D eigenvalue weighted by Crippen LogP contribution is 2.31. The molecule has 0 aliphatic carbocycles. The maximum Gasteiger partial charge on any atom is 0.340 e. The highest BCUT2D eigenvalue weighted by Gasteiger charge is 2.30. The fourth-order valence-corrected chi connectivity index (χ4v) is 2.21. The van der Waals surface area contributed by atoms with E-state index in [1.807, 2.05) is 18.2 Å². The standard InChI is InChI=1S/C16H13NO3/c1-10(18)11-6-8-12(9-7-11)17-15-13-4-2-3-5-14(13)16(19)20-15/h2-9,15,17H,1H3/t15-/m0/s1. The van der Waals surface area contributed by atoms with Crippen LogP contribution in [0.3, 0.4) is 0 Å². The summed E-state index contributed by atoms with van der Waals surface area (Å²) < 4.78 is 5.30. The lowest BCUT2D eigenvalue weighted by molar-refractivity contribution is 0.0437. The zero-order valence-electron chi connectivity index (χ0n) is 10.9. The molecule has 3 rings (SSSR count). The monoisotopic (exact) mass is 267 g/mol. The van der Waals surface area contributed by atoms with Crippen LogP contribution in [0, 0.1) is 0 Å². The number of Topliss-reactive ketones (excluding diaryl/α,β-unsaturated/α-hetero) is 1. The quantitative estimate of drug-likeness (QED) is 0.685. The summed E-state index contributed by atoms with van der Waals surface area (Å²) in [6, 6.07) is 14.4. The first-order valence-corrected chi connectivity index (χ1v) is 6.32. The molecule has 4 heteroatoms. The number of carbonyl (C=O) groups excluding carboxylic acids is 2. The van der Waals surface area contributed by atoms with E-state index < -0.39 is 6.23 Å². The molecule has 0 saturated carbocycles. The Bertz CT molecular complexity index is 676. The summed E-state index contributed by atoms with van der Waals surface area (Å²) in [5, 5.41) is 3.14. The molecule has 0 aromatic heterocycles. The van der Waals surface area contributed by atoms with Gasteiger partial charge in [0.2, 0.25) is 6.23 Å². The topological polar surface area (TPSA) is 55.4 Å². The Balaban J connectivity index is 1.82. The predicted molar refractivity (Wildman–Crippen MR) is 74.7 cm³/mol. The molecule has 1 atom stereocenters. The first-order valence-electron chi connectivity index (χ1n) is 6.32. The Morgan fingerprint density at radius 2 is 1.80 bits per heavy atom. The van der Waals surface area contributed by atoms with Crippen molar-refractivity contribution in [2.45, 2.75) is 13.2 Å². The molecular weight excluding hydrogens is 254 g/mol. The maximum atomic E-state index is 11.7. The van der Waals surface area contributed by atoms with Gasteiger partial charge in [0.25, 0.3) is 0 Å². The molecule has 0 fully saturated rings. The number of hydrogen-bond donors (Lipinski definition) is 1. The number of ketones is 1. The maximum absolute atomic E-state index is 11.7. The fraction of sp³-hybridized carbons (Fsp3) is 0.125. The molecule has 0 radical (unpaired) electrons. The second kappa shape index (κ2) is 4.81. The smallest absolute Gasteiger partial charge is 0.340 e. The van der Waals surface area contributed by atoms with Crippen LogP contribution in [0.15, 0.2) is 48.5 Å². The molecule has 20 heavy (non-hydrogen) atoms. The predicted octanol–water partition coefficient (Wildman–Crippen LogP) is 3.17. The average molecular weight is 267 g/mol. The van der Waals surface area contributed by atoms with Gasteiger partial charge in [0.15, 0.2) is 5.78 Å². The van der Waals surface area contributed by atoms with Gasteiger partial charge in [0, 0.05) is 16.8 Å². The van der Waals surface area contributed by atoms with Gasteiger partial charge in [-0.1, -0.05) is 18.2 Å². The summed E-state index contributed by atoms with van der Waals surface area (Å²) in [5.41, 5.74) is 2.86. The van der Waals surface area contributed by atoms with E-state index in [1.54, 1.807) is 30.3 Å². The van der Waals surface area contributed by atoms with E-state index in [1.165, 1.54) is 6.92 Å². The van der Waals surface area contributed by atoms with E-state index in [0.29, 0.717) is 11.1 Å². The number of ether oxygens (including phenoxy) is 1. The third kappa shape index (κ3) is 2.16. The van der Waals surface area contributed by atoms with Gasteiger partial charge in [-0.05, 0) is 37.3 Å². The average Bonchev–Trinajstić information content (AvgIpc) is 2.77. The first kappa shape index (κ1) is 12.4. The minimum Gasteiger partial charge on any atom is -0.434 e. The van der Waals surface area contributed by atoms with E-state index in [2.05, 4.69) is 5.32 Å². The Morgan fingerprint density at radius 1 is 1.10 bits per heavy atom. The first-order chi connectivity index (χ1) is 9.65. The van der Waals surface area contributed by atoms with Crippen molar-refractivity contribution < 1.29 is 14.3 Å². The van der Waals surface area contributed by atoms with Crippen molar-refractivity contribution >= 4 is 17.4 Å². The van der Waals surface area contributed by atoms with E-state index in [4.69, 9.17) is 4.74 Å². The summed E-state index contributed by atoms with van der Waals surface area (Å²) in [7, 11) is 0. The minimum atomic E-state index is -0.484. The summed E-state index contributed by atoms with van der Waals surface area (Å²) in [6.07, 6.45) is -0.484.